The summed E-state index contributed by atoms with van der Waals surface area (Å²) in [6.45, 7) is 6.50. The zero-order valence-electron chi connectivity index (χ0n) is 12.0. The predicted molar refractivity (Wildman–Crippen MR) is 76.9 cm³/mol. The van der Waals surface area contributed by atoms with Gasteiger partial charge in [-0.1, -0.05) is 13.8 Å². The van der Waals surface area contributed by atoms with Gasteiger partial charge in [0.25, 0.3) is 5.91 Å². The number of hydrogen-bond acceptors (Lipinski definition) is 4. The summed E-state index contributed by atoms with van der Waals surface area (Å²) in [6, 6.07) is 4.52. The molecule has 110 valence electrons. The Morgan fingerprint density at radius 1 is 1.45 bits per heavy atom. The van der Waals surface area contributed by atoms with E-state index in [1.54, 1.807) is 4.90 Å². The van der Waals surface area contributed by atoms with Crippen molar-refractivity contribution in [3.05, 3.63) is 23.8 Å². The van der Waals surface area contributed by atoms with Crippen molar-refractivity contribution in [2.24, 2.45) is 5.92 Å². The molecule has 2 rings (SSSR count). The van der Waals surface area contributed by atoms with Gasteiger partial charge in [-0.15, -0.1) is 0 Å². The molecule has 2 atom stereocenters. The first-order valence-electron chi connectivity index (χ1n) is 7.07. The fourth-order valence-corrected chi connectivity index (χ4v) is 2.77. The molecule has 1 aliphatic heterocycles. The molecule has 1 amide bonds. The average Bonchev–Trinajstić information content (AvgIpc) is 2.40. The Morgan fingerprint density at radius 3 is 2.80 bits per heavy atom. The molecule has 0 aromatic heterocycles. The van der Waals surface area contributed by atoms with Gasteiger partial charge < -0.3 is 20.4 Å². The van der Waals surface area contributed by atoms with E-state index < -0.39 is 0 Å². The van der Waals surface area contributed by atoms with Crippen molar-refractivity contribution >= 4 is 5.91 Å². The molecule has 1 fully saturated rings. The maximum atomic E-state index is 12.4. The highest BCUT2D eigenvalue weighted by atomic mass is 16.3. The van der Waals surface area contributed by atoms with Crippen LogP contribution >= 0.6 is 0 Å². The number of likely N-dealkylation sites (tertiary alicyclic amines) is 1. The van der Waals surface area contributed by atoms with E-state index in [0.717, 1.165) is 13.0 Å². The minimum absolute atomic E-state index is 0.0433. The SMILES string of the molecule is CCNC1CCN(C(=O)c2ccc(O)cc2O)CC1C. The summed E-state index contributed by atoms with van der Waals surface area (Å²) in [5.41, 5.74) is 0.247. The molecular weight excluding hydrogens is 256 g/mol. The molecule has 1 aromatic carbocycles. The van der Waals surface area contributed by atoms with Gasteiger partial charge in [0, 0.05) is 25.2 Å². The van der Waals surface area contributed by atoms with E-state index in [0.29, 0.717) is 25.0 Å². The lowest BCUT2D eigenvalue weighted by Crippen LogP contribution is -2.50. The van der Waals surface area contributed by atoms with Gasteiger partial charge in [0.05, 0.1) is 5.56 Å². The number of rotatable bonds is 3. The van der Waals surface area contributed by atoms with E-state index in [-0.39, 0.29) is 23.0 Å². The molecule has 1 aliphatic rings. The Morgan fingerprint density at radius 2 is 2.20 bits per heavy atom. The second kappa shape index (κ2) is 6.13. The molecule has 1 aromatic rings. The molecule has 0 spiro atoms. The highest BCUT2D eigenvalue weighted by Crippen LogP contribution is 2.26. The number of nitrogens with one attached hydrogen (secondary N) is 1. The van der Waals surface area contributed by atoms with Crippen molar-refractivity contribution in [1.29, 1.82) is 0 Å². The first-order valence-corrected chi connectivity index (χ1v) is 7.07. The normalized spacial score (nSPS) is 22.8. The summed E-state index contributed by atoms with van der Waals surface area (Å²) >= 11 is 0. The highest BCUT2D eigenvalue weighted by Gasteiger charge is 2.29. The third-order valence-electron chi connectivity index (χ3n) is 3.87. The molecule has 1 saturated heterocycles. The fraction of sp³-hybridized carbons (Fsp3) is 0.533. The predicted octanol–water partition coefficient (Wildman–Crippen LogP) is 1.56. The molecule has 0 radical (unpaired) electrons. The van der Waals surface area contributed by atoms with Crippen LogP contribution in [0, 0.1) is 5.92 Å². The van der Waals surface area contributed by atoms with Crippen LogP contribution in [0.1, 0.15) is 30.6 Å². The highest BCUT2D eigenvalue weighted by molar-refractivity contribution is 5.97. The van der Waals surface area contributed by atoms with Crippen LogP contribution in [-0.2, 0) is 0 Å². The van der Waals surface area contributed by atoms with Crippen molar-refractivity contribution in [2.75, 3.05) is 19.6 Å². The number of carbonyl (C=O) groups excluding carboxylic acids is 1. The maximum Gasteiger partial charge on any atom is 0.257 e. The Labute approximate surface area is 119 Å². The van der Waals surface area contributed by atoms with Crippen molar-refractivity contribution in [2.45, 2.75) is 26.3 Å². The maximum absolute atomic E-state index is 12.4. The molecule has 3 N–H and O–H groups in total. The summed E-state index contributed by atoms with van der Waals surface area (Å²) in [5.74, 6) is -0.00839. The Hall–Kier alpha value is -1.75. The van der Waals surface area contributed by atoms with Gasteiger partial charge in [0.2, 0.25) is 0 Å². The van der Waals surface area contributed by atoms with Crippen LogP contribution in [0.15, 0.2) is 18.2 Å². The number of nitrogens with zero attached hydrogens (tertiary/aromatic N) is 1. The van der Waals surface area contributed by atoms with Gasteiger partial charge in [0.1, 0.15) is 11.5 Å². The Kier molecular flexibility index (Phi) is 4.49. The van der Waals surface area contributed by atoms with E-state index >= 15 is 0 Å². The van der Waals surface area contributed by atoms with Gasteiger partial charge in [0.15, 0.2) is 0 Å². The van der Waals surface area contributed by atoms with Gasteiger partial charge in [-0.3, -0.25) is 4.79 Å². The van der Waals surface area contributed by atoms with Crippen LogP contribution in [0.25, 0.3) is 0 Å². The molecule has 0 saturated carbocycles. The van der Waals surface area contributed by atoms with E-state index in [2.05, 4.69) is 19.2 Å². The fourth-order valence-electron chi connectivity index (χ4n) is 2.77. The summed E-state index contributed by atoms with van der Waals surface area (Å²) < 4.78 is 0. The summed E-state index contributed by atoms with van der Waals surface area (Å²) in [6.07, 6.45) is 0.916. The summed E-state index contributed by atoms with van der Waals surface area (Å²) in [7, 11) is 0. The van der Waals surface area contributed by atoms with Gasteiger partial charge in [-0.2, -0.15) is 0 Å². The molecule has 0 bridgehead atoms. The minimum Gasteiger partial charge on any atom is -0.508 e. The second-order valence-electron chi connectivity index (χ2n) is 5.38. The third kappa shape index (κ3) is 3.04. The smallest absolute Gasteiger partial charge is 0.257 e. The van der Waals surface area contributed by atoms with Crippen molar-refractivity contribution in [3.8, 4) is 11.5 Å². The summed E-state index contributed by atoms with van der Waals surface area (Å²) in [5, 5.41) is 22.5. The summed E-state index contributed by atoms with van der Waals surface area (Å²) in [4.78, 5) is 14.2. The van der Waals surface area contributed by atoms with Crippen LogP contribution in [0.2, 0.25) is 0 Å². The van der Waals surface area contributed by atoms with Gasteiger partial charge in [-0.25, -0.2) is 0 Å². The molecule has 20 heavy (non-hydrogen) atoms. The topological polar surface area (TPSA) is 72.8 Å². The van der Waals surface area contributed by atoms with Crippen molar-refractivity contribution in [1.82, 2.24) is 10.2 Å². The zero-order chi connectivity index (χ0) is 14.7. The number of benzene rings is 1. The van der Waals surface area contributed by atoms with Crippen LogP contribution in [-0.4, -0.2) is 46.7 Å². The number of aromatic hydroxyl groups is 2. The van der Waals surface area contributed by atoms with Crippen LogP contribution in [0.3, 0.4) is 0 Å². The zero-order valence-corrected chi connectivity index (χ0v) is 12.0. The van der Waals surface area contributed by atoms with Crippen molar-refractivity contribution < 1.29 is 15.0 Å². The number of phenols is 2. The lowest BCUT2D eigenvalue weighted by Gasteiger charge is -2.37. The molecule has 0 aliphatic carbocycles. The second-order valence-corrected chi connectivity index (χ2v) is 5.38. The first-order chi connectivity index (χ1) is 9.52. The molecular formula is C15H22N2O3. The largest absolute Gasteiger partial charge is 0.508 e. The molecule has 2 unspecified atom stereocenters. The van der Waals surface area contributed by atoms with E-state index in [1.807, 2.05) is 0 Å². The van der Waals surface area contributed by atoms with E-state index in [4.69, 9.17) is 0 Å². The van der Waals surface area contributed by atoms with Crippen LogP contribution < -0.4 is 5.32 Å². The van der Waals surface area contributed by atoms with Gasteiger partial charge in [-0.05, 0) is 31.0 Å². The van der Waals surface area contributed by atoms with Crippen molar-refractivity contribution in [3.63, 3.8) is 0 Å². The lowest BCUT2D eigenvalue weighted by molar-refractivity contribution is 0.0643. The van der Waals surface area contributed by atoms with Crippen LogP contribution in [0.4, 0.5) is 0 Å². The number of piperidine rings is 1. The average molecular weight is 278 g/mol. The van der Waals surface area contributed by atoms with E-state index in [1.165, 1.54) is 18.2 Å². The quantitative estimate of drug-likeness (QED) is 0.784. The number of amides is 1. The number of phenolic OH excluding ortho intramolecular Hbond substituents is 2. The van der Waals surface area contributed by atoms with Crippen LogP contribution in [0.5, 0.6) is 11.5 Å². The first kappa shape index (κ1) is 14.7. The third-order valence-corrected chi connectivity index (χ3v) is 3.87. The van der Waals surface area contributed by atoms with Gasteiger partial charge >= 0.3 is 0 Å². The standard InChI is InChI=1S/C15H22N2O3/c1-3-16-13-6-7-17(9-10(13)2)15(20)12-5-4-11(18)8-14(12)19/h4-5,8,10,13,16,18-19H,3,6-7,9H2,1-2H3. The van der Waals surface area contributed by atoms with E-state index in [9.17, 15) is 15.0 Å². The Balaban J connectivity index is 2.07. The number of hydrogen-bond donors (Lipinski definition) is 3. The molecule has 1 heterocycles. The molecule has 5 heteroatoms. The number of carbonyl (C=O) groups is 1. The molecule has 5 nitrogen and oxygen atoms in total. The Bertz CT molecular complexity index is 490. The monoisotopic (exact) mass is 278 g/mol. The minimum atomic E-state index is -0.177. The lowest BCUT2D eigenvalue weighted by atomic mass is 9.93.